The average Bonchev–Trinajstić information content (AvgIpc) is 2.47. The highest BCUT2D eigenvalue weighted by atomic mass is 16.5. The Kier molecular flexibility index (Phi) is 1.03. The Morgan fingerprint density at radius 1 is 1.75 bits per heavy atom. The minimum absolute atomic E-state index is 0.169. The molecule has 1 rings (SSSR count). The zero-order chi connectivity index (χ0) is 6.20. The maximum Gasteiger partial charge on any atom is 0.311 e. The first-order valence-electron chi connectivity index (χ1n) is 2.63. The van der Waals surface area contributed by atoms with Crippen LogP contribution < -0.4 is 0 Å². The van der Waals surface area contributed by atoms with Crippen LogP contribution in [0.15, 0.2) is 0 Å². The van der Waals surface area contributed by atoms with Crippen LogP contribution in [0.1, 0.15) is 12.8 Å². The summed E-state index contributed by atoms with van der Waals surface area (Å²) in [6, 6.07) is 0. The number of carbonyl (C=O) groups excluding carboxylic acids is 1. The molecule has 0 heterocycles. The molecule has 0 spiro atoms. The highest BCUT2D eigenvalue weighted by molar-refractivity contribution is 5.80. The third-order valence-corrected chi connectivity index (χ3v) is 1.47. The molecule has 0 aromatic rings. The van der Waals surface area contributed by atoms with E-state index in [2.05, 4.69) is 11.7 Å². The van der Waals surface area contributed by atoms with E-state index in [4.69, 9.17) is 0 Å². The van der Waals surface area contributed by atoms with Crippen LogP contribution in [0, 0.1) is 12.3 Å². The van der Waals surface area contributed by atoms with Crippen molar-refractivity contribution in [1.82, 2.24) is 0 Å². The summed E-state index contributed by atoms with van der Waals surface area (Å²) in [5.41, 5.74) is -0.352. The van der Waals surface area contributed by atoms with E-state index in [9.17, 15) is 4.79 Å². The lowest BCUT2D eigenvalue weighted by Crippen LogP contribution is -2.12. The van der Waals surface area contributed by atoms with Gasteiger partial charge in [-0.2, -0.15) is 0 Å². The van der Waals surface area contributed by atoms with Crippen molar-refractivity contribution in [2.45, 2.75) is 12.8 Å². The van der Waals surface area contributed by atoms with Gasteiger partial charge in [-0.3, -0.25) is 4.79 Å². The van der Waals surface area contributed by atoms with Gasteiger partial charge in [-0.15, -0.1) is 0 Å². The quantitative estimate of drug-likeness (QED) is 0.469. The monoisotopic (exact) mass is 113 g/mol. The van der Waals surface area contributed by atoms with Gasteiger partial charge in [0.15, 0.2) is 0 Å². The molecular weight excluding hydrogens is 104 g/mol. The predicted octanol–water partition coefficient (Wildman–Crippen LogP) is 0.774. The molecule has 0 unspecified atom stereocenters. The van der Waals surface area contributed by atoms with Gasteiger partial charge in [0.2, 0.25) is 0 Å². The average molecular weight is 113 g/mol. The van der Waals surface area contributed by atoms with Gasteiger partial charge in [0, 0.05) is 0 Å². The molecule has 1 fully saturated rings. The van der Waals surface area contributed by atoms with Crippen LogP contribution >= 0.6 is 0 Å². The molecule has 0 atom stereocenters. The summed E-state index contributed by atoms with van der Waals surface area (Å²) in [7, 11) is 1.40. The Bertz CT molecular complexity index is 114. The van der Waals surface area contributed by atoms with Gasteiger partial charge in [0.05, 0.1) is 12.5 Å². The van der Waals surface area contributed by atoms with Crippen molar-refractivity contribution in [3.05, 3.63) is 6.92 Å². The molecule has 0 aromatic heterocycles. The van der Waals surface area contributed by atoms with Crippen LogP contribution in [0.2, 0.25) is 0 Å². The molecule has 0 aliphatic heterocycles. The summed E-state index contributed by atoms with van der Waals surface area (Å²) in [5, 5.41) is 0. The van der Waals surface area contributed by atoms with E-state index in [-0.39, 0.29) is 11.4 Å². The summed E-state index contributed by atoms with van der Waals surface area (Å²) in [4.78, 5) is 10.6. The number of esters is 1. The third-order valence-electron chi connectivity index (χ3n) is 1.47. The van der Waals surface area contributed by atoms with Gasteiger partial charge in [0.1, 0.15) is 0 Å². The molecule has 0 bridgehead atoms. The van der Waals surface area contributed by atoms with Crippen molar-refractivity contribution in [3.8, 4) is 0 Å². The minimum atomic E-state index is -0.352. The minimum Gasteiger partial charge on any atom is -0.469 e. The first-order chi connectivity index (χ1) is 3.69. The normalized spacial score (nSPS) is 22.2. The second-order valence-electron chi connectivity index (χ2n) is 2.27. The lowest BCUT2D eigenvalue weighted by atomic mass is 10.1. The fourth-order valence-electron chi connectivity index (χ4n) is 0.572. The number of methoxy groups -OCH3 is 1. The number of hydrogen-bond donors (Lipinski definition) is 0. The van der Waals surface area contributed by atoms with E-state index < -0.39 is 0 Å². The van der Waals surface area contributed by atoms with E-state index in [1.54, 1.807) is 0 Å². The van der Waals surface area contributed by atoms with Gasteiger partial charge in [0.25, 0.3) is 0 Å². The highest BCUT2D eigenvalue weighted by Gasteiger charge is 2.46. The lowest BCUT2D eigenvalue weighted by molar-refractivity contribution is -0.145. The highest BCUT2D eigenvalue weighted by Crippen LogP contribution is 2.45. The fraction of sp³-hybridized carbons (Fsp3) is 0.667. The molecule has 1 saturated carbocycles. The molecular formula is C6H9O2. The SMILES string of the molecule is [CH2]C1(C(=O)OC)CC1. The molecule has 2 heteroatoms. The van der Waals surface area contributed by atoms with Crippen molar-refractivity contribution in [3.63, 3.8) is 0 Å². The summed E-state index contributed by atoms with van der Waals surface area (Å²) < 4.78 is 4.48. The van der Waals surface area contributed by atoms with Gasteiger partial charge >= 0.3 is 5.97 Å². The van der Waals surface area contributed by atoms with Gasteiger partial charge in [-0.1, -0.05) is 0 Å². The van der Waals surface area contributed by atoms with Gasteiger partial charge in [-0.25, -0.2) is 0 Å². The first-order valence-corrected chi connectivity index (χ1v) is 2.63. The Morgan fingerprint density at radius 2 is 2.25 bits per heavy atom. The van der Waals surface area contributed by atoms with Crippen molar-refractivity contribution in [1.29, 1.82) is 0 Å². The molecule has 0 saturated heterocycles. The van der Waals surface area contributed by atoms with Gasteiger partial charge < -0.3 is 4.74 Å². The van der Waals surface area contributed by atoms with Crippen LogP contribution in [0.4, 0.5) is 0 Å². The molecule has 2 nitrogen and oxygen atoms in total. The zero-order valence-corrected chi connectivity index (χ0v) is 4.94. The largest absolute Gasteiger partial charge is 0.469 e. The van der Waals surface area contributed by atoms with Crippen LogP contribution in [-0.2, 0) is 9.53 Å². The number of rotatable bonds is 1. The molecule has 1 aliphatic carbocycles. The van der Waals surface area contributed by atoms with E-state index >= 15 is 0 Å². The second kappa shape index (κ2) is 1.47. The van der Waals surface area contributed by atoms with Crippen molar-refractivity contribution < 1.29 is 9.53 Å². The second-order valence-corrected chi connectivity index (χ2v) is 2.27. The molecule has 0 aromatic carbocycles. The van der Waals surface area contributed by atoms with E-state index in [0.717, 1.165) is 12.8 Å². The Balaban J connectivity index is 2.46. The summed E-state index contributed by atoms with van der Waals surface area (Å²) >= 11 is 0. The number of carbonyl (C=O) groups is 1. The van der Waals surface area contributed by atoms with Crippen LogP contribution in [0.3, 0.4) is 0 Å². The smallest absolute Gasteiger partial charge is 0.311 e. The van der Waals surface area contributed by atoms with Crippen molar-refractivity contribution in [2.24, 2.45) is 5.41 Å². The van der Waals surface area contributed by atoms with Gasteiger partial charge in [-0.05, 0) is 19.8 Å². The molecule has 1 aliphatic rings. The lowest BCUT2D eigenvalue weighted by Gasteiger charge is -2.01. The summed E-state index contributed by atoms with van der Waals surface area (Å²) in [6.07, 6.45) is 1.78. The topological polar surface area (TPSA) is 26.3 Å². The maximum atomic E-state index is 10.6. The number of ether oxygens (including phenoxy) is 1. The third kappa shape index (κ3) is 0.703. The Morgan fingerprint density at radius 3 is 2.38 bits per heavy atom. The van der Waals surface area contributed by atoms with Crippen LogP contribution in [0.25, 0.3) is 0 Å². The van der Waals surface area contributed by atoms with E-state index in [1.807, 2.05) is 0 Å². The molecule has 0 N–H and O–H groups in total. The maximum absolute atomic E-state index is 10.6. The molecule has 45 valence electrons. The first kappa shape index (κ1) is 5.60. The van der Waals surface area contributed by atoms with Crippen LogP contribution in [0.5, 0.6) is 0 Å². The molecule has 8 heavy (non-hydrogen) atoms. The van der Waals surface area contributed by atoms with Crippen molar-refractivity contribution in [2.75, 3.05) is 7.11 Å². The summed E-state index contributed by atoms with van der Waals surface area (Å²) in [5.74, 6) is -0.169. The van der Waals surface area contributed by atoms with Crippen molar-refractivity contribution >= 4 is 5.97 Å². The molecule has 0 amide bonds. The Hall–Kier alpha value is -0.530. The fourth-order valence-corrected chi connectivity index (χ4v) is 0.572. The standard InChI is InChI=1S/C6H9O2/c1-6(3-4-6)5(7)8-2/h1,3-4H2,2H3. The van der Waals surface area contributed by atoms with E-state index in [0.29, 0.717) is 0 Å². The summed E-state index contributed by atoms with van der Waals surface area (Å²) in [6.45, 7) is 3.68. The predicted molar refractivity (Wildman–Crippen MR) is 29.0 cm³/mol. The van der Waals surface area contributed by atoms with E-state index in [1.165, 1.54) is 7.11 Å². The zero-order valence-electron chi connectivity index (χ0n) is 4.94. The van der Waals surface area contributed by atoms with Crippen LogP contribution in [-0.4, -0.2) is 13.1 Å². The molecule has 1 radical (unpaired) electrons. The number of hydrogen-bond acceptors (Lipinski definition) is 2. The Labute approximate surface area is 48.8 Å².